The van der Waals surface area contributed by atoms with Crippen LogP contribution in [-0.4, -0.2) is 23.8 Å². The average Bonchev–Trinajstić information content (AvgIpc) is 2.53. The first-order valence-electron chi connectivity index (χ1n) is 8.62. The Morgan fingerprint density at radius 3 is 2.62 bits per heavy atom. The molecule has 0 bridgehead atoms. The first-order valence-corrected chi connectivity index (χ1v) is 8.62. The fraction of sp³-hybridized carbons (Fsp3) is 0.611. The third-order valence-electron chi connectivity index (χ3n) is 4.68. The number of aliphatic hydroxyl groups excluding tert-OH is 1. The second kappa shape index (κ2) is 8.42. The van der Waals surface area contributed by atoms with Crippen LogP contribution in [0.5, 0.6) is 0 Å². The molecule has 0 aromatic heterocycles. The maximum absolute atomic E-state index is 14.3. The van der Waals surface area contributed by atoms with Crippen LogP contribution in [0.15, 0.2) is 18.2 Å². The quantitative estimate of drug-likeness (QED) is 0.741. The molecular weight excluding hydrogens is 314 g/mol. The number of urea groups is 1. The van der Waals surface area contributed by atoms with Gasteiger partial charge in [0, 0.05) is 24.3 Å². The first-order chi connectivity index (χ1) is 11.5. The standard InChI is InChI=1S/C18H26F2N2O2/c1-13(6-5-11-23)21-17(24)22-18(9-3-2-4-10-18)15-8-7-14(19)12-16(15)20/h7-8,12-13,23H,2-6,9-11H2,1H3,(H2,21,22,24). The van der Waals surface area contributed by atoms with Gasteiger partial charge in [-0.1, -0.05) is 25.3 Å². The Labute approximate surface area is 141 Å². The molecule has 1 atom stereocenters. The van der Waals surface area contributed by atoms with Gasteiger partial charge in [0.2, 0.25) is 0 Å². The van der Waals surface area contributed by atoms with E-state index in [9.17, 15) is 13.6 Å². The lowest BCUT2D eigenvalue weighted by molar-refractivity contribution is 0.196. The van der Waals surface area contributed by atoms with Crippen molar-refractivity contribution >= 4 is 6.03 Å². The molecule has 0 aliphatic heterocycles. The third-order valence-corrected chi connectivity index (χ3v) is 4.68. The number of benzene rings is 1. The molecule has 2 amide bonds. The second-order valence-corrected chi connectivity index (χ2v) is 6.63. The lowest BCUT2D eigenvalue weighted by atomic mass is 9.76. The Balaban J connectivity index is 2.14. The minimum atomic E-state index is -0.795. The summed E-state index contributed by atoms with van der Waals surface area (Å²) in [7, 11) is 0. The summed E-state index contributed by atoms with van der Waals surface area (Å²) in [6, 6.07) is 3.10. The molecule has 0 heterocycles. The van der Waals surface area contributed by atoms with Crippen LogP contribution in [-0.2, 0) is 5.54 Å². The predicted molar refractivity (Wildman–Crippen MR) is 88.6 cm³/mol. The molecule has 4 nitrogen and oxygen atoms in total. The van der Waals surface area contributed by atoms with Gasteiger partial charge < -0.3 is 15.7 Å². The molecule has 6 heteroatoms. The van der Waals surface area contributed by atoms with Gasteiger partial charge in [-0.05, 0) is 38.7 Å². The highest BCUT2D eigenvalue weighted by atomic mass is 19.1. The molecule has 134 valence electrons. The number of carbonyl (C=O) groups excluding carboxylic acids is 1. The lowest BCUT2D eigenvalue weighted by Crippen LogP contribution is -2.53. The summed E-state index contributed by atoms with van der Waals surface area (Å²) >= 11 is 0. The molecule has 0 spiro atoms. The molecule has 1 saturated carbocycles. The topological polar surface area (TPSA) is 61.4 Å². The van der Waals surface area contributed by atoms with E-state index in [0.29, 0.717) is 31.2 Å². The monoisotopic (exact) mass is 340 g/mol. The van der Waals surface area contributed by atoms with Crippen LogP contribution in [0.1, 0.15) is 57.4 Å². The predicted octanol–water partition coefficient (Wildman–Crippen LogP) is 3.58. The zero-order chi connectivity index (χ0) is 17.6. The third kappa shape index (κ3) is 4.66. The smallest absolute Gasteiger partial charge is 0.315 e. The summed E-state index contributed by atoms with van der Waals surface area (Å²) in [4.78, 5) is 12.4. The number of hydrogen-bond donors (Lipinski definition) is 3. The summed E-state index contributed by atoms with van der Waals surface area (Å²) in [5, 5.41) is 14.6. The van der Waals surface area contributed by atoms with Crippen LogP contribution in [0, 0.1) is 11.6 Å². The summed E-state index contributed by atoms with van der Waals surface area (Å²) < 4.78 is 27.6. The first kappa shape index (κ1) is 18.6. The average molecular weight is 340 g/mol. The van der Waals surface area contributed by atoms with Crippen molar-refractivity contribution in [1.29, 1.82) is 0 Å². The molecule has 0 radical (unpaired) electrons. The largest absolute Gasteiger partial charge is 0.396 e. The number of nitrogens with one attached hydrogen (secondary N) is 2. The van der Waals surface area contributed by atoms with Crippen molar-refractivity contribution in [1.82, 2.24) is 10.6 Å². The molecule has 1 aromatic rings. The summed E-state index contributed by atoms with van der Waals surface area (Å²) in [5.74, 6) is -1.24. The Morgan fingerprint density at radius 1 is 1.29 bits per heavy atom. The van der Waals surface area contributed by atoms with E-state index >= 15 is 0 Å². The lowest BCUT2D eigenvalue weighted by Gasteiger charge is -2.39. The van der Waals surface area contributed by atoms with Gasteiger partial charge in [-0.25, -0.2) is 13.6 Å². The van der Waals surface area contributed by atoms with E-state index in [1.54, 1.807) is 0 Å². The van der Waals surface area contributed by atoms with Gasteiger partial charge in [0.05, 0.1) is 5.54 Å². The minimum Gasteiger partial charge on any atom is -0.396 e. The Kier molecular flexibility index (Phi) is 6.54. The molecular formula is C18H26F2N2O2. The molecule has 2 rings (SSSR count). The van der Waals surface area contributed by atoms with Gasteiger partial charge in [-0.2, -0.15) is 0 Å². The van der Waals surface area contributed by atoms with Crippen molar-refractivity contribution in [2.45, 2.75) is 63.5 Å². The SMILES string of the molecule is CC(CCCO)NC(=O)NC1(c2ccc(F)cc2F)CCCCC1. The van der Waals surface area contributed by atoms with Gasteiger partial charge >= 0.3 is 6.03 Å². The van der Waals surface area contributed by atoms with Crippen molar-refractivity contribution in [2.24, 2.45) is 0 Å². The van der Waals surface area contributed by atoms with Crippen molar-refractivity contribution in [2.75, 3.05) is 6.61 Å². The highest BCUT2D eigenvalue weighted by Gasteiger charge is 2.37. The van der Waals surface area contributed by atoms with Crippen LogP contribution in [0.4, 0.5) is 13.6 Å². The Hall–Kier alpha value is -1.69. The number of halogens is 2. The van der Waals surface area contributed by atoms with E-state index in [1.807, 2.05) is 6.92 Å². The van der Waals surface area contributed by atoms with Crippen LogP contribution in [0.3, 0.4) is 0 Å². The van der Waals surface area contributed by atoms with Crippen LogP contribution in [0.2, 0.25) is 0 Å². The van der Waals surface area contributed by atoms with Gasteiger partial charge in [0.1, 0.15) is 11.6 Å². The zero-order valence-electron chi connectivity index (χ0n) is 14.1. The van der Waals surface area contributed by atoms with Crippen LogP contribution < -0.4 is 10.6 Å². The second-order valence-electron chi connectivity index (χ2n) is 6.63. The molecule has 3 N–H and O–H groups in total. The van der Waals surface area contributed by atoms with E-state index < -0.39 is 17.2 Å². The Bertz CT molecular complexity index is 560. The number of hydrogen-bond acceptors (Lipinski definition) is 2. The summed E-state index contributed by atoms with van der Waals surface area (Å²) in [6.45, 7) is 1.94. The van der Waals surface area contributed by atoms with Gasteiger partial charge in [-0.15, -0.1) is 0 Å². The number of aliphatic hydroxyl groups is 1. The molecule has 0 saturated heterocycles. The highest BCUT2D eigenvalue weighted by Crippen LogP contribution is 2.38. The molecule has 1 aromatic carbocycles. The number of carbonyl (C=O) groups is 1. The van der Waals surface area contributed by atoms with Gasteiger partial charge in [0.25, 0.3) is 0 Å². The van der Waals surface area contributed by atoms with Gasteiger partial charge in [-0.3, -0.25) is 0 Å². The fourth-order valence-corrected chi connectivity index (χ4v) is 3.44. The van der Waals surface area contributed by atoms with E-state index in [-0.39, 0.29) is 18.7 Å². The molecule has 1 aliphatic rings. The van der Waals surface area contributed by atoms with E-state index in [0.717, 1.165) is 25.3 Å². The molecule has 1 unspecified atom stereocenters. The summed E-state index contributed by atoms with van der Waals surface area (Å²) in [5.41, 5.74) is -0.446. The van der Waals surface area contributed by atoms with Crippen molar-refractivity contribution in [3.05, 3.63) is 35.4 Å². The van der Waals surface area contributed by atoms with Crippen molar-refractivity contribution < 1.29 is 18.7 Å². The number of amides is 2. The van der Waals surface area contributed by atoms with E-state index in [1.165, 1.54) is 12.1 Å². The van der Waals surface area contributed by atoms with Crippen LogP contribution >= 0.6 is 0 Å². The molecule has 1 aliphatic carbocycles. The van der Waals surface area contributed by atoms with Crippen molar-refractivity contribution in [3.63, 3.8) is 0 Å². The fourth-order valence-electron chi connectivity index (χ4n) is 3.44. The van der Waals surface area contributed by atoms with Gasteiger partial charge in [0.15, 0.2) is 0 Å². The number of rotatable bonds is 6. The zero-order valence-corrected chi connectivity index (χ0v) is 14.1. The Morgan fingerprint density at radius 2 is 2.00 bits per heavy atom. The maximum Gasteiger partial charge on any atom is 0.315 e. The van der Waals surface area contributed by atoms with Crippen molar-refractivity contribution in [3.8, 4) is 0 Å². The van der Waals surface area contributed by atoms with E-state index in [2.05, 4.69) is 10.6 Å². The normalized spacial score (nSPS) is 18.0. The highest BCUT2D eigenvalue weighted by molar-refractivity contribution is 5.75. The maximum atomic E-state index is 14.3. The molecule has 24 heavy (non-hydrogen) atoms. The summed E-state index contributed by atoms with van der Waals surface area (Å²) in [6.07, 6.45) is 5.36. The van der Waals surface area contributed by atoms with Crippen LogP contribution in [0.25, 0.3) is 0 Å². The molecule has 1 fully saturated rings. The van der Waals surface area contributed by atoms with E-state index in [4.69, 9.17) is 5.11 Å². The minimum absolute atomic E-state index is 0.0817.